The highest BCUT2D eigenvalue weighted by Gasteiger charge is 2.27. The second kappa shape index (κ2) is 3.40. The maximum absolute atomic E-state index is 11.1. The molecule has 72 valence electrons. The van der Waals surface area contributed by atoms with E-state index in [1.54, 1.807) is 20.8 Å². The number of carbonyl (C=O) groups is 1. The topological polar surface area (TPSA) is 83.5 Å². The lowest BCUT2D eigenvalue weighted by molar-refractivity contribution is -0.127. The molecule has 0 radical (unpaired) electrons. The number of rotatable bonds is 3. The lowest BCUT2D eigenvalue weighted by atomic mass is 9.90. The van der Waals surface area contributed by atoms with Crippen molar-refractivity contribution in [1.82, 2.24) is 4.72 Å². The van der Waals surface area contributed by atoms with Crippen molar-refractivity contribution in [3.8, 4) is 0 Å². The molecular weight excluding hydrogens is 182 g/mol. The Labute approximate surface area is 72.0 Å². The van der Waals surface area contributed by atoms with Gasteiger partial charge in [-0.15, -0.1) is 0 Å². The summed E-state index contributed by atoms with van der Waals surface area (Å²) in [4.78, 5) is 11.1. The Morgan fingerprint density at radius 3 is 2.17 bits per heavy atom. The van der Waals surface area contributed by atoms with Crippen LogP contribution < -0.4 is 4.72 Å². The summed E-state index contributed by atoms with van der Waals surface area (Å²) in [5.74, 6) is -0.701. The lowest BCUT2D eigenvalue weighted by Crippen LogP contribution is -2.39. The van der Waals surface area contributed by atoms with E-state index in [1.165, 1.54) is 4.72 Å². The standard InChI is InChI=1S/C6H13NO4S/c1-4-6(2,3)5(8)7-12(9,10)11/h4H2,1-3H3,(H,7,8)(H,9,10,11). The summed E-state index contributed by atoms with van der Waals surface area (Å²) in [5, 5.41) is 0. The van der Waals surface area contributed by atoms with Crippen LogP contribution in [-0.4, -0.2) is 18.9 Å². The summed E-state index contributed by atoms with van der Waals surface area (Å²) in [6.45, 7) is 4.94. The van der Waals surface area contributed by atoms with Crippen molar-refractivity contribution >= 4 is 16.2 Å². The summed E-state index contributed by atoms with van der Waals surface area (Å²) < 4.78 is 30.2. The zero-order chi connectivity index (χ0) is 9.99. The van der Waals surface area contributed by atoms with Gasteiger partial charge in [-0.25, -0.2) is 4.72 Å². The largest absolute Gasteiger partial charge is 0.359 e. The number of hydrogen-bond donors (Lipinski definition) is 2. The van der Waals surface area contributed by atoms with Gasteiger partial charge >= 0.3 is 10.3 Å². The fourth-order valence-electron chi connectivity index (χ4n) is 0.416. The van der Waals surface area contributed by atoms with E-state index in [1.807, 2.05) is 0 Å². The Balaban J connectivity index is 4.44. The molecule has 0 saturated heterocycles. The maximum Gasteiger partial charge on any atom is 0.359 e. The predicted octanol–water partition coefficient (Wildman–Crippen LogP) is 0.342. The van der Waals surface area contributed by atoms with Crippen LogP contribution >= 0.6 is 0 Å². The number of nitrogens with one attached hydrogen (secondary N) is 1. The van der Waals surface area contributed by atoms with Crippen LogP contribution in [-0.2, 0) is 15.1 Å². The molecule has 0 fully saturated rings. The fourth-order valence-corrected chi connectivity index (χ4v) is 0.926. The van der Waals surface area contributed by atoms with E-state index >= 15 is 0 Å². The molecule has 0 bridgehead atoms. The van der Waals surface area contributed by atoms with Gasteiger partial charge in [0.1, 0.15) is 0 Å². The molecule has 6 heteroatoms. The van der Waals surface area contributed by atoms with Gasteiger partial charge < -0.3 is 0 Å². The SMILES string of the molecule is CCC(C)(C)C(=O)NS(=O)(=O)O. The van der Waals surface area contributed by atoms with Crippen molar-refractivity contribution in [2.75, 3.05) is 0 Å². The predicted molar refractivity (Wildman–Crippen MR) is 43.8 cm³/mol. The molecule has 0 aromatic carbocycles. The first kappa shape index (κ1) is 11.4. The van der Waals surface area contributed by atoms with Gasteiger partial charge in [0.05, 0.1) is 0 Å². The third-order valence-electron chi connectivity index (χ3n) is 1.72. The van der Waals surface area contributed by atoms with E-state index in [9.17, 15) is 13.2 Å². The lowest BCUT2D eigenvalue weighted by Gasteiger charge is -2.19. The van der Waals surface area contributed by atoms with Crippen molar-refractivity contribution in [1.29, 1.82) is 0 Å². The molecule has 0 aliphatic carbocycles. The minimum absolute atomic E-state index is 0.494. The minimum atomic E-state index is -4.42. The molecule has 2 N–H and O–H groups in total. The van der Waals surface area contributed by atoms with Crippen molar-refractivity contribution in [2.45, 2.75) is 27.2 Å². The Kier molecular flexibility index (Phi) is 3.23. The van der Waals surface area contributed by atoms with E-state index in [0.29, 0.717) is 6.42 Å². The van der Waals surface area contributed by atoms with Gasteiger partial charge in [0.2, 0.25) is 5.91 Å². The number of carbonyl (C=O) groups excluding carboxylic acids is 1. The molecule has 0 aliphatic rings. The normalized spacial score (nSPS) is 12.7. The molecule has 0 rings (SSSR count). The highest BCUT2D eigenvalue weighted by molar-refractivity contribution is 7.84. The van der Waals surface area contributed by atoms with Crippen LogP contribution in [0.3, 0.4) is 0 Å². The third-order valence-corrected chi connectivity index (χ3v) is 2.16. The molecular formula is C6H13NO4S. The second-order valence-electron chi connectivity index (χ2n) is 3.14. The first-order valence-electron chi connectivity index (χ1n) is 3.48. The quantitative estimate of drug-likeness (QED) is 0.636. The fraction of sp³-hybridized carbons (Fsp3) is 0.833. The van der Waals surface area contributed by atoms with Crippen LogP contribution in [0.4, 0.5) is 0 Å². The first-order chi connectivity index (χ1) is 5.19. The molecule has 0 heterocycles. The molecule has 0 atom stereocenters. The van der Waals surface area contributed by atoms with Gasteiger partial charge in [-0.2, -0.15) is 8.42 Å². The van der Waals surface area contributed by atoms with Crippen LogP contribution in [0.15, 0.2) is 0 Å². The minimum Gasteiger partial charge on any atom is -0.273 e. The van der Waals surface area contributed by atoms with E-state index in [0.717, 1.165) is 0 Å². The molecule has 0 aliphatic heterocycles. The van der Waals surface area contributed by atoms with Gasteiger partial charge in [-0.05, 0) is 6.42 Å². The van der Waals surface area contributed by atoms with Crippen LogP contribution in [0.25, 0.3) is 0 Å². The van der Waals surface area contributed by atoms with Crippen LogP contribution in [0, 0.1) is 5.41 Å². The molecule has 12 heavy (non-hydrogen) atoms. The first-order valence-corrected chi connectivity index (χ1v) is 4.92. The van der Waals surface area contributed by atoms with Crippen molar-refractivity contribution in [3.05, 3.63) is 0 Å². The second-order valence-corrected chi connectivity index (χ2v) is 4.30. The highest BCUT2D eigenvalue weighted by Crippen LogP contribution is 2.19. The summed E-state index contributed by atoms with van der Waals surface area (Å²) in [7, 11) is -4.42. The number of amides is 1. The Morgan fingerprint density at radius 1 is 1.50 bits per heavy atom. The molecule has 5 nitrogen and oxygen atoms in total. The summed E-state index contributed by atoms with van der Waals surface area (Å²) in [6.07, 6.45) is 0.494. The van der Waals surface area contributed by atoms with Crippen LogP contribution in [0.5, 0.6) is 0 Å². The molecule has 0 spiro atoms. The third kappa shape index (κ3) is 3.68. The summed E-state index contributed by atoms with van der Waals surface area (Å²) >= 11 is 0. The summed E-state index contributed by atoms with van der Waals surface area (Å²) in [5.41, 5.74) is -0.782. The van der Waals surface area contributed by atoms with Crippen molar-refractivity contribution in [3.63, 3.8) is 0 Å². The van der Waals surface area contributed by atoms with Gasteiger partial charge in [0.15, 0.2) is 0 Å². The maximum atomic E-state index is 11.1. The molecule has 1 amide bonds. The van der Waals surface area contributed by atoms with E-state index < -0.39 is 21.6 Å². The monoisotopic (exact) mass is 195 g/mol. The molecule has 0 aromatic heterocycles. The molecule has 0 unspecified atom stereocenters. The molecule has 0 aromatic rings. The van der Waals surface area contributed by atoms with E-state index in [4.69, 9.17) is 4.55 Å². The van der Waals surface area contributed by atoms with Crippen molar-refractivity contribution < 1.29 is 17.8 Å². The van der Waals surface area contributed by atoms with Gasteiger partial charge in [-0.3, -0.25) is 9.35 Å². The smallest absolute Gasteiger partial charge is 0.273 e. The highest BCUT2D eigenvalue weighted by atomic mass is 32.2. The zero-order valence-corrected chi connectivity index (χ0v) is 8.10. The Hall–Kier alpha value is -0.620. The van der Waals surface area contributed by atoms with Gasteiger partial charge in [0.25, 0.3) is 0 Å². The Morgan fingerprint density at radius 2 is 1.92 bits per heavy atom. The zero-order valence-electron chi connectivity index (χ0n) is 7.29. The average Bonchev–Trinajstić information content (AvgIpc) is 1.84. The number of hydrogen-bond acceptors (Lipinski definition) is 3. The average molecular weight is 195 g/mol. The van der Waals surface area contributed by atoms with Crippen LogP contribution in [0.1, 0.15) is 27.2 Å². The van der Waals surface area contributed by atoms with Gasteiger partial charge in [-0.1, -0.05) is 20.8 Å². The summed E-state index contributed by atoms with van der Waals surface area (Å²) in [6, 6.07) is 0. The van der Waals surface area contributed by atoms with E-state index in [2.05, 4.69) is 0 Å². The van der Waals surface area contributed by atoms with Crippen LogP contribution in [0.2, 0.25) is 0 Å². The van der Waals surface area contributed by atoms with Gasteiger partial charge in [0, 0.05) is 5.41 Å². The van der Waals surface area contributed by atoms with Crippen molar-refractivity contribution in [2.24, 2.45) is 5.41 Å². The van der Waals surface area contributed by atoms with E-state index in [-0.39, 0.29) is 0 Å². The Bertz CT molecular complexity index is 267. The molecule has 0 saturated carbocycles.